The van der Waals surface area contributed by atoms with Gasteiger partial charge in [0.05, 0.1) is 6.04 Å². The Balaban J connectivity index is -0.0000000343. The lowest BCUT2D eigenvalue weighted by atomic mass is 10.1. The monoisotopic (exact) mass is 662 g/mol. The van der Waals surface area contributed by atoms with E-state index in [9.17, 15) is 19.2 Å². The number of aliphatic carboxylic acids is 1. The van der Waals surface area contributed by atoms with E-state index in [0.29, 0.717) is 6.42 Å². The van der Waals surface area contributed by atoms with Crippen molar-refractivity contribution in [1.29, 1.82) is 0 Å². The molecule has 220 valence electrons. The number of hydrogen-bond donors (Lipinski definition) is 3. The number of nitrogens with zero attached hydrogens (tertiary/aromatic N) is 2. The van der Waals surface area contributed by atoms with Gasteiger partial charge in [0.25, 0.3) is 0 Å². The van der Waals surface area contributed by atoms with Gasteiger partial charge in [0.1, 0.15) is 11.8 Å². The molecule has 2 amide bonds. The third-order valence-corrected chi connectivity index (χ3v) is 3.56. The third kappa shape index (κ3) is 60.2. The first kappa shape index (κ1) is 59.6. The lowest BCUT2D eigenvalue weighted by molar-refractivity contribution is -0.139. The van der Waals surface area contributed by atoms with Gasteiger partial charge >= 0.3 is 5.97 Å². The molecule has 0 aliphatic rings. The van der Waals surface area contributed by atoms with Crippen molar-refractivity contribution >= 4 is 67.3 Å². The van der Waals surface area contributed by atoms with Crippen LogP contribution < -0.4 is 10.6 Å². The van der Waals surface area contributed by atoms with Crippen molar-refractivity contribution in [3.63, 3.8) is 0 Å². The first-order chi connectivity index (χ1) is 14.7. The summed E-state index contributed by atoms with van der Waals surface area (Å²) in [5, 5.41) is 13.9. The number of ketones is 1. The van der Waals surface area contributed by atoms with Crippen LogP contribution in [0.4, 0.5) is 0 Å². The zero-order valence-corrected chi connectivity index (χ0v) is 30.5. The first-order valence-electron chi connectivity index (χ1n) is 11.2. The van der Waals surface area contributed by atoms with Crippen molar-refractivity contribution in [2.75, 3.05) is 42.3 Å². The van der Waals surface area contributed by atoms with Crippen LogP contribution in [0, 0.1) is 0 Å². The van der Waals surface area contributed by atoms with E-state index >= 15 is 0 Å². The maximum absolute atomic E-state index is 10.5. The van der Waals surface area contributed by atoms with E-state index in [1.54, 1.807) is 49.2 Å². The molecule has 0 bridgehead atoms. The van der Waals surface area contributed by atoms with E-state index in [-0.39, 0.29) is 73.5 Å². The molecular weight excluding hydrogens is 601 g/mol. The molecule has 4 unspecified atom stereocenters. The topological polar surface area (TPSA) is 119 Å². The predicted molar refractivity (Wildman–Crippen MR) is 174 cm³/mol. The molecule has 12 heteroatoms. The van der Waals surface area contributed by atoms with Crippen molar-refractivity contribution < 1.29 is 24.3 Å². The second kappa shape index (κ2) is 46.9. The zero-order chi connectivity index (χ0) is 27.4. The van der Waals surface area contributed by atoms with Crippen LogP contribution in [0.5, 0.6) is 0 Å². The molecule has 0 rings (SSSR count). The van der Waals surface area contributed by atoms with Gasteiger partial charge in [0.2, 0.25) is 11.8 Å². The van der Waals surface area contributed by atoms with E-state index in [0.717, 1.165) is 6.42 Å². The van der Waals surface area contributed by atoms with Crippen LogP contribution in [0.15, 0.2) is 0 Å². The highest BCUT2D eigenvalue weighted by atomic mass is 127. The van der Waals surface area contributed by atoms with Crippen LogP contribution in [-0.2, 0) is 19.2 Å². The molecule has 0 saturated heterocycles. The van der Waals surface area contributed by atoms with Gasteiger partial charge in [0.15, 0.2) is 0 Å². The number of amides is 2. The molecule has 0 aromatic heterocycles. The Morgan fingerprint density at radius 3 is 0.886 bits per heavy atom. The van der Waals surface area contributed by atoms with E-state index in [2.05, 4.69) is 10.6 Å². The van der Waals surface area contributed by atoms with E-state index in [4.69, 9.17) is 5.11 Å². The van der Waals surface area contributed by atoms with Gasteiger partial charge in [-0.1, -0.05) is 41.5 Å². The zero-order valence-electron chi connectivity index (χ0n) is 25.4. The van der Waals surface area contributed by atoms with Gasteiger partial charge in [-0.2, -0.15) is 19.8 Å². The maximum Gasteiger partial charge on any atom is 0.320 e. The summed E-state index contributed by atoms with van der Waals surface area (Å²) in [6, 6.07) is -0.315. The molecule has 35 heavy (non-hydrogen) atoms. The van der Waals surface area contributed by atoms with Crippen molar-refractivity contribution in [1.82, 2.24) is 20.4 Å². The number of carbonyl (C=O) groups is 4. The molecule has 0 fully saturated rings. The highest BCUT2D eigenvalue weighted by molar-refractivity contribution is 14.0. The van der Waals surface area contributed by atoms with Crippen LogP contribution in [-0.4, -0.2) is 92.8 Å². The SMILES string of the molecule is CC.CC.CC(=O)N(C)C.CC(=O)N(C)C.CCC(NC)C(=O)O.CCC(NC)C(C)=O.I.P.P. The standard InChI is InChI=1S/C6H13NO.C5H11NO2.2C4H9NO.2C2H6.HI.2H3P/c1-4-6(7-3)5(2)8;1-3-4(6-2)5(7)8;2*1-4(6)5(2)3;2*1-2;;;/h6-7H,4H2,1-3H3;4,6H,3H2,1-2H3,(H,7,8);2*1-3H3;2*1-2H3;1H;2*1H3. The average Bonchev–Trinajstić information content (AvgIpc) is 2.73. The molecule has 4 atom stereocenters. The molecule has 0 spiro atoms. The Kier molecular flexibility index (Phi) is 79.8. The average molecular weight is 663 g/mol. The minimum atomic E-state index is -0.782. The molecule has 0 aromatic carbocycles. The number of carbonyl (C=O) groups excluding carboxylic acids is 3. The van der Waals surface area contributed by atoms with E-state index in [1.807, 2.05) is 41.5 Å². The van der Waals surface area contributed by atoms with Crippen molar-refractivity contribution in [3.8, 4) is 0 Å². The summed E-state index contributed by atoms with van der Waals surface area (Å²) >= 11 is 0. The van der Waals surface area contributed by atoms with Gasteiger partial charge < -0.3 is 25.5 Å². The van der Waals surface area contributed by atoms with Gasteiger partial charge in [0, 0.05) is 42.0 Å². The summed E-state index contributed by atoms with van der Waals surface area (Å²) in [7, 11) is 10.3. The van der Waals surface area contributed by atoms with Crippen LogP contribution in [0.25, 0.3) is 0 Å². The molecule has 0 aromatic rings. The number of likely N-dealkylation sites (N-methyl/N-ethyl adjacent to an activating group) is 2. The minimum Gasteiger partial charge on any atom is -0.480 e. The highest BCUT2D eigenvalue weighted by Gasteiger charge is 2.09. The van der Waals surface area contributed by atoms with E-state index < -0.39 is 5.97 Å². The number of nitrogens with one attached hydrogen (secondary N) is 2. The number of rotatable bonds is 6. The highest BCUT2D eigenvalue weighted by Crippen LogP contribution is 1.89. The number of Topliss-reactive ketones (excluding diaryl/α,β-unsaturated/α-hetero) is 1. The normalized spacial score (nSPS) is 9.11. The van der Waals surface area contributed by atoms with Crippen LogP contribution in [0.1, 0.15) is 75.2 Å². The van der Waals surface area contributed by atoms with Gasteiger partial charge in [-0.15, -0.1) is 24.0 Å². The van der Waals surface area contributed by atoms with Gasteiger partial charge in [-0.05, 0) is 33.9 Å². The summed E-state index contributed by atoms with van der Waals surface area (Å²) in [4.78, 5) is 43.8. The Hall–Kier alpha value is -0.410. The number of carboxylic acid groups (broad SMARTS) is 1. The summed E-state index contributed by atoms with van der Waals surface area (Å²) in [5.74, 6) is -0.380. The number of carboxylic acids is 1. The summed E-state index contributed by atoms with van der Waals surface area (Å²) < 4.78 is 0. The second-order valence-corrected chi connectivity index (χ2v) is 6.27. The molecule has 0 aliphatic carbocycles. The number of hydrogen-bond acceptors (Lipinski definition) is 6. The predicted octanol–water partition coefficient (Wildman–Crippen LogP) is 3.62. The Morgan fingerprint density at radius 2 is 0.886 bits per heavy atom. The van der Waals surface area contributed by atoms with Crippen LogP contribution >= 0.6 is 43.8 Å². The summed E-state index contributed by atoms with van der Waals surface area (Å²) in [6.07, 6.45) is 1.51. The largest absolute Gasteiger partial charge is 0.480 e. The van der Waals surface area contributed by atoms with Crippen LogP contribution in [0.2, 0.25) is 0 Å². The number of halogens is 1. The molecular formula is C23H61IN4O5P2. The fourth-order valence-corrected chi connectivity index (χ4v) is 1.20. The molecule has 0 aliphatic heterocycles. The second-order valence-electron chi connectivity index (χ2n) is 6.27. The quantitative estimate of drug-likeness (QED) is 0.294. The van der Waals surface area contributed by atoms with Crippen LogP contribution in [0.3, 0.4) is 0 Å². The molecule has 3 N–H and O–H groups in total. The fourth-order valence-electron chi connectivity index (χ4n) is 1.20. The summed E-state index contributed by atoms with van der Waals surface area (Å²) in [5.41, 5.74) is 0. The van der Waals surface area contributed by atoms with Crippen molar-refractivity contribution in [2.45, 2.75) is 87.2 Å². The Bertz CT molecular complexity index is 412. The van der Waals surface area contributed by atoms with Gasteiger partial charge in [-0.25, -0.2) is 0 Å². The molecule has 0 radical (unpaired) electrons. The lowest BCUT2D eigenvalue weighted by Crippen LogP contribution is -2.32. The smallest absolute Gasteiger partial charge is 0.320 e. The molecule has 9 nitrogen and oxygen atoms in total. The van der Waals surface area contributed by atoms with Crippen molar-refractivity contribution in [3.05, 3.63) is 0 Å². The maximum atomic E-state index is 10.5. The van der Waals surface area contributed by atoms with Gasteiger partial charge in [-0.3, -0.25) is 19.2 Å². The van der Waals surface area contributed by atoms with E-state index in [1.165, 1.54) is 23.6 Å². The fraction of sp³-hybridized carbons (Fsp3) is 0.826. The summed E-state index contributed by atoms with van der Waals surface area (Å²) in [6.45, 7) is 16.5. The van der Waals surface area contributed by atoms with Crippen molar-refractivity contribution in [2.24, 2.45) is 0 Å². The minimum absolute atomic E-state index is 0. The molecule has 0 saturated carbocycles. The third-order valence-electron chi connectivity index (χ3n) is 3.56. The lowest BCUT2D eigenvalue weighted by Gasteiger charge is -2.07. The first-order valence-corrected chi connectivity index (χ1v) is 11.2. The molecule has 0 heterocycles. The Labute approximate surface area is 241 Å². The Morgan fingerprint density at radius 1 is 0.686 bits per heavy atom.